The largest absolute Gasteiger partial charge is 0.469 e. The second kappa shape index (κ2) is 7.42. The molecule has 24 heavy (non-hydrogen) atoms. The smallest absolute Gasteiger partial charge is 0.307 e. The molecule has 0 spiro atoms. The van der Waals surface area contributed by atoms with Crippen molar-refractivity contribution in [3.63, 3.8) is 0 Å². The van der Waals surface area contributed by atoms with Crippen molar-refractivity contribution >= 4 is 17.5 Å². The van der Waals surface area contributed by atoms with E-state index in [1.165, 1.54) is 7.11 Å². The van der Waals surface area contributed by atoms with Gasteiger partial charge in [-0.2, -0.15) is 5.10 Å². The van der Waals surface area contributed by atoms with Gasteiger partial charge in [0.15, 0.2) is 5.65 Å². The summed E-state index contributed by atoms with van der Waals surface area (Å²) < 4.78 is 6.41. The number of ether oxygens (including phenoxy) is 1. The molecule has 0 bridgehead atoms. The van der Waals surface area contributed by atoms with E-state index >= 15 is 0 Å². The van der Waals surface area contributed by atoms with Gasteiger partial charge in [0.05, 0.1) is 19.2 Å². The number of nitrogens with one attached hydrogen (secondary N) is 1. The molecule has 7 nitrogen and oxygen atoms in total. The van der Waals surface area contributed by atoms with Gasteiger partial charge in [0.1, 0.15) is 0 Å². The number of carbonyl (C=O) groups is 2. The first-order valence-corrected chi connectivity index (χ1v) is 8.00. The summed E-state index contributed by atoms with van der Waals surface area (Å²) >= 11 is 0. The molecule has 0 radical (unpaired) electrons. The van der Waals surface area contributed by atoms with Crippen molar-refractivity contribution in [2.45, 2.75) is 53.0 Å². The maximum Gasteiger partial charge on any atom is 0.307 e. The van der Waals surface area contributed by atoms with E-state index < -0.39 is 0 Å². The molecule has 0 unspecified atom stereocenters. The van der Waals surface area contributed by atoms with Gasteiger partial charge in [0.2, 0.25) is 5.91 Å². The van der Waals surface area contributed by atoms with E-state index in [2.05, 4.69) is 20.1 Å². The Bertz CT molecular complexity index is 767. The Morgan fingerprint density at radius 3 is 2.71 bits per heavy atom. The maximum absolute atomic E-state index is 12.1. The first-order valence-electron chi connectivity index (χ1n) is 8.00. The summed E-state index contributed by atoms with van der Waals surface area (Å²) in [7, 11) is 1.34. The van der Waals surface area contributed by atoms with Gasteiger partial charge in [-0.1, -0.05) is 0 Å². The number of methoxy groups -OCH3 is 1. The van der Waals surface area contributed by atoms with Crippen LogP contribution in [0.3, 0.4) is 0 Å². The molecule has 0 saturated heterocycles. The molecular formula is C17H24N4O3. The predicted molar refractivity (Wildman–Crippen MR) is 89.8 cm³/mol. The summed E-state index contributed by atoms with van der Waals surface area (Å²) in [6, 6.07) is 1.69. The molecule has 2 rings (SSSR count). The van der Waals surface area contributed by atoms with Crippen molar-refractivity contribution in [1.82, 2.24) is 19.9 Å². The van der Waals surface area contributed by atoms with Crippen LogP contribution in [-0.4, -0.2) is 39.6 Å². The van der Waals surface area contributed by atoms with Crippen molar-refractivity contribution < 1.29 is 14.3 Å². The maximum atomic E-state index is 12.1. The first kappa shape index (κ1) is 17.9. The van der Waals surface area contributed by atoms with E-state index in [1.54, 1.807) is 6.92 Å². The van der Waals surface area contributed by atoms with E-state index in [0.717, 1.165) is 28.3 Å². The van der Waals surface area contributed by atoms with Crippen molar-refractivity contribution in [3.8, 4) is 0 Å². The normalized spacial score (nSPS) is 12.2. The van der Waals surface area contributed by atoms with E-state index in [-0.39, 0.29) is 24.3 Å². The summed E-state index contributed by atoms with van der Waals surface area (Å²) in [5.41, 5.74) is 4.68. The fourth-order valence-corrected chi connectivity index (χ4v) is 2.77. The number of nitrogens with zero attached hydrogens (tertiary/aromatic N) is 3. The fraction of sp³-hybridized carbons (Fsp3) is 0.529. The van der Waals surface area contributed by atoms with Crippen LogP contribution in [0.4, 0.5) is 0 Å². The zero-order valence-corrected chi connectivity index (χ0v) is 14.8. The Balaban J connectivity index is 2.02. The van der Waals surface area contributed by atoms with Crippen LogP contribution in [0.2, 0.25) is 0 Å². The van der Waals surface area contributed by atoms with Crippen LogP contribution >= 0.6 is 0 Å². The predicted octanol–water partition coefficient (Wildman–Crippen LogP) is 1.65. The van der Waals surface area contributed by atoms with Gasteiger partial charge in [-0.3, -0.25) is 9.59 Å². The van der Waals surface area contributed by atoms with Crippen LogP contribution in [-0.2, 0) is 20.7 Å². The quantitative estimate of drug-likeness (QED) is 0.813. The Morgan fingerprint density at radius 2 is 2.04 bits per heavy atom. The molecule has 7 heteroatoms. The number of carbonyl (C=O) groups excluding carboxylic acids is 2. The summed E-state index contributed by atoms with van der Waals surface area (Å²) in [6.45, 7) is 7.65. The molecule has 1 amide bonds. The molecule has 2 aromatic heterocycles. The average Bonchev–Trinajstić information content (AvgIpc) is 2.87. The molecular weight excluding hydrogens is 308 g/mol. The van der Waals surface area contributed by atoms with E-state index in [9.17, 15) is 9.59 Å². The molecule has 1 atom stereocenters. The molecule has 0 aliphatic carbocycles. The summed E-state index contributed by atoms with van der Waals surface area (Å²) in [5.74, 6) is -0.430. The van der Waals surface area contributed by atoms with Crippen LogP contribution in [0.5, 0.6) is 0 Å². The highest BCUT2D eigenvalue weighted by Crippen LogP contribution is 2.17. The SMILES string of the molecule is COC(=O)C[C@@H](C)NC(=O)CCc1c(C)nc2cc(C)nn2c1C. The lowest BCUT2D eigenvalue weighted by molar-refractivity contribution is -0.141. The number of hydrogen-bond acceptors (Lipinski definition) is 5. The fourth-order valence-electron chi connectivity index (χ4n) is 2.77. The highest BCUT2D eigenvalue weighted by atomic mass is 16.5. The first-order chi connectivity index (χ1) is 11.3. The summed E-state index contributed by atoms with van der Waals surface area (Å²) in [6.07, 6.45) is 1.08. The van der Waals surface area contributed by atoms with E-state index in [4.69, 9.17) is 0 Å². The summed E-state index contributed by atoms with van der Waals surface area (Å²) in [5, 5.41) is 7.25. The minimum absolute atomic E-state index is 0.0954. The minimum Gasteiger partial charge on any atom is -0.469 e. The number of amides is 1. The van der Waals surface area contributed by atoms with Crippen molar-refractivity contribution in [3.05, 3.63) is 28.7 Å². The number of hydrogen-bond donors (Lipinski definition) is 1. The van der Waals surface area contributed by atoms with Crippen molar-refractivity contribution in [2.24, 2.45) is 0 Å². The zero-order chi connectivity index (χ0) is 17.9. The van der Waals surface area contributed by atoms with Gasteiger partial charge in [-0.15, -0.1) is 0 Å². The Morgan fingerprint density at radius 1 is 1.33 bits per heavy atom. The summed E-state index contributed by atoms with van der Waals surface area (Å²) in [4.78, 5) is 27.8. The number of aromatic nitrogens is 3. The molecule has 0 fully saturated rings. The topological polar surface area (TPSA) is 85.6 Å². The van der Waals surface area contributed by atoms with Gasteiger partial charge in [-0.25, -0.2) is 9.50 Å². The Hall–Kier alpha value is -2.44. The molecule has 0 saturated carbocycles. The van der Waals surface area contributed by atoms with Crippen LogP contribution < -0.4 is 5.32 Å². The minimum atomic E-state index is -0.335. The molecule has 130 valence electrons. The Labute approximate surface area is 141 Å². The van der Waals surface area contributed by atoms with Gasteiger partial charge in [0, 0.05) is 29.9 Å². The highest BCUT2D eigenvalue weighted by molar-refractivity contribution is 5.78. The second-order valence-corrected chi connectivity index (χ2v) is 6.07. The van der Waals surface area contributed by atoms with Gasteiger partial charge >= 0.3 is 5.97 Å². The number of aryl methyl sites for hydroxylation is 3. The van der Waals surface area contributed by atoms with E-state index in [1.807, 2.05) is 31.4 Å². The zero-order valence-electron chi connectivity index (χ0n) is 14.8. The highest BCUT2D eigenvalue weighted by Gasteiger charge is 2.15. The van der Waals surface area contributed by atoms with E-state index in [0.29, 0.717) is 12.8 Å². The van der Waals surface area contributed by atoms with Crippen LogP contribution in [0, 0.1) is 20.8 Å². The third kappa shape index (κ3) is 4.10. The lowest BCUT2D eigenvalue weighted by atomic mass is 10.1. The number of esters is 1. The number of fused-ring (bicyclic) bond motifs is 1. The average molecular weight is 332 g/mol. The van der Waals surface area contributed by atoms with Crippen LogP contribution in [0.15, 0.2) is 6.07 Å². The molecule has 2 aromatic rings. The Kier molecular flexibility index (Phi) is 5.54. The third-order valence-corrected chi connectivity index (χ3v) is 4.00. The lowest BCUT2D eigenvalue weighted by Crippen LogP contribution is -2.34. The standard InChI is InChI=1S/C17H24N4O3/c1-10(9-17(23)24-5)18-16(22)7-6-14-12(3)19-15-8-11(2)20-21(15)13(14)4/h8,10H,6-7,9H2,1-5H3,(H,18,22)/t10-/m1/s1. The third-order valence-electron chi connectivity index (χ3n) is 4.00. The van der Waals surface area contributed by atoms with Gasteiger partial charge < -0.3 is 10.1 Å². The molecule has 1 N–H and O–H groups in total. The second-order valence-electron chi connectivity index (χ2n) is 6.07. The molecule has 0 aliphatic rings. The van der Waals surface area contributed by atoms with Crippen molar-refractivity contribution in [2.75, 3.05) is 7.11 Å². The lowest BCUT2D eigenvalue weighted by Gasteiger charge is -2.14. The monoisotopic (exact) mass is 332 g/mol. The van der Waals surface area contributed by atoms with Crippen LogP contribution in [0.1, 0.15) is 42.4 Å². The van der Waals surface area contributed by atoms with Gasteiger partial charge in [0.25, 0.3) is 0 Å². The van der Waals surface area contributed by atoms with Crippen molar-refractivity contribution in [1.29, 1.82) is 0 Å². The molecule has 0 aliphatic heterocycles. The molecule has 0 aromatic carbocycles. The van der Waals surface area contributed by atoms with Gasteiger partial charge in [-0.05, 0) is 39.7 Å². The number of rotatable bonds is 6. The van der Waals surface area contributed by atoms with Crippen LogP contribution in [0.25, 0.3) is 5.65 Å². The molecule has 2 heterocycles.